The predicted molar refractivity (Wildman–Crippen MR) is 102 cm³/mol. The number of guanidine groups is 1. The van der Waals surface area contributed by atoms with Crippen LogP contribution in [0, 0.1) is 6.92 Å². The van der Waals surface area contributed by atoms with Crippen LogP contribution < -0.4 is 10.6 Å². The monoisotopic (exact) mass is 429 g/mol. The summed E-state index contributed by atoms with van der Waals surface area (Å²) < 4.78 is 5.05. The van der Waals surface area contributed by atoms with E-state index in [0.29, 0.717) is 18.3 Å². The summed E-state index contributed by atoms with van der Waals surface area (Å²) in [6.45, 7) is 5.90. The molecule has 0 amide bonds. The normalized spacial score (nSPS) is 11.0. The maximum atomic E-state index is 5.05. The molecule has 1 aromatic heterocycles. The molecule has 7 heteroatoms. The van der Waals surface area contributed by atoms with Crippen molar-refractivity contribution in [3.8, 4) is 0 Å². The van der Waals surface area contributed by atoms with Crippen molar-refractivity contribution < 1.29 is 4.52 Å². The van der Waals surface area contributed by atoms with E-state index in [1.165, 1.54) is 5.56 Å². The zero-order chi connectivity index (χ0) is 15.6. The van der Waals surface area contributed by atoms with Gasteiger partial charge in [-0.15, -0.1) is 24.0 Å². The number of nitrogens with zero attached hydrogens (tertiary/aromatic N) is 3. The van der Waals surface area contributed by atoms with E-state index >= 15 is 0 Å². The van der Waals surface area contributed by atoms with Crippen molar-refractivity contribution in [2.24, 2.45) is 4.99 Å². The number of hydrogen-bond acceptors (Lipinski definition) is 4. The first-order valence-electron chi connectivity index (χ1n) is 7.63. The summed E-state index contributed by atoms with van der Waals surface area (Å²) in [6, 6.07) is 10.5. The maximum Gasteiger partial charge on any atom is 0.248 e. The molecule has 0 aliphatic carbocycles. The Bertz CT molecular complexity index is 585. The minimum atomic E-state index is 0. The molecule has 0 atom stereocenters. The second-order valence-corrected chi connectivity index (χ2v) is 4.95. The molecule has 0 saturated heterocycles. The van der Waals surface area contributed by atoms with Gasteiger partial charge in [0.15, 0.2) is 11.8 Å². The highest BCUT2D eigenvalue weighted by Gasteiger charge is 2.02. The number of aromatic nitrogens is 2. The van der Waals surface area contributed by atoms with Gasteiger partial charge in [-0.25, -0.2) is 4.99 Å². The van der Waals surface area contributed by atoms with Crippen LogP contribution in [-0.2, 0) is 13.0 Å². The Morgan fingerprint density at radius 1 is 1.22 bits per heavy atom. The van der Waals surface area contributed by atoms with E-state index in [-0.39, 0.29) is 24.0 Å². The minimum absolute atomic E-state index is 0. The van der Waals surface area contributed by atoms with Gasteiger partial charge in [-0.2, -0.15) is 4.98 Å². The molecule has 0 bridgehead atoms. The van der Waals surface area contributed by atoms with E-state index in [9.17, 15) is 0 Å². The fourth-order valence-corrected chi connectivity index (χ4v) is 2.04. The molecule has 0 saturated carbocycles. The van der Waals surface area contributed by atoms with E-state index in [1.807, 2.05) is 13.0 Å². The average Bonchev–Trinajstić information content (AvgIpc) is 2.95. The number of aryl methyl sites for hydroxylation is 2. The van der Waals surface area contributed by atoms with Gasteiger partial charge in [-0.05, 0) is 32.3 Å². The van der Waals surface area contributed by atoms with Crippen LogP contribution in [0.5, 0.6) is 0 Å². The molecular weight excluding hydrogens is 405 g/mol. The highest BCUT2D eigenvalue weighted by Crippen LogP contribution is 2.01. The van der Waals surface area contributed by atoms with Crippen LogP contribution in [-0.4, -0.2) is 29.2 Å². The van der Waals surface area contributed by atoms with Gasteiger partial charge in [0.05, 0.1) is 0 Å². The highest BCUT2D eigenvalue weighted by molar-refractivity contribution is 14.0. The fourth-order valence-electron chi connectivity index (χ4n) is 2.04. The summed E-state index contributed by atoms with van der Waals surface area (Å²) in [7, 11) is 0. The first kappa shape index (κ1) is 19.4. The van der Waals surface area contributed by atoms with Gasteiger partial charge in [-0.3, -0.25) is 0 Å². The van der Waals surface area contributed by atoms with Crippen LogP contribution in [0.25, 0.3) is 0 Å². The third-order valence-electron chi connectivity index (χ3n) is 3.06. The molecule has 0 unspecified atom stereocenters. The molecule has 1 aromatic carbocycles. The minimum Gasteiger partial charge on any atom is -0.357 e. The molecule has 1 heterocycles. The Morgan fingerprint density at radius 2 is 2.00 bits per heavy atom. The smallest absolute Gasteiger partial charge is 0.248 e. The van der Waals surface area contributed by atoms with E-state index in [0.717, 1.165) is 31.9 Å². The Kier molecular flexibility index (Phi) is 9.27. The van der Waals surface area contributed by atoms with E-state index in [4.69, 9.17) is 4.52 Å². The standard InChI is InChI=1S/C16H23N5O.HI/c1-3-17-16(19-12-15-20-13(2)21-22-15)18-11-7-10-14-8-5-4-6-9-14;/h4-6,8-9H,3,7,10-12H2,1-2H3,(H2,17,18,19);1H. The van der Waals surface area contributed by atoms with Crippen molar-refractivity contribution in [3.63, 3.8) is 0 Å². The zero-order valence-electron chi connectivity index (χ0n) is 13.6. The second-order valence-electron chi connectivity index (χ2n) is 4.95. The molecule has 2 rings (SSSR count). The fraction of sp³-hybridized carbons (Fsp3) is 0.438. The van der Waals surface area contributed by atoms with Crippen LogP contribution >= 0.6 is 24.0 Å². The van der Waals surface area contributed by atoms with E-state index in [1.54, 1.807) is 6.92 Å². The first-order chi connectivity index (χ1) is 10.8. The quantitative estimate of drug-likeness (QED) is 0.307. The Hall–Kier alpha value is -1.64. The van der Waals surface area contributed by atoms with Crippen LogP contribution in [0.2, 0.25) is 0 Å². The van der Waals surface area contributed by atoms with Gasteiger partial charge < -0.3 is 15.2 Å². The highest BCUT2D eigenvalue weighted by atomic mass is 127. The molecule has 126 valence electrons. The summed E-state index contributed by atoms with van der Waals surface area (Å²) in [6.07, 6.45) is 2.10. The zero-order valence-corrected chi connectivity index (χ0v) is 15.9. The molecule has 0 aliphatic heterocycles. The van der Waals surface area contributed by atoms with Crippen molar-refractivity contribution >= 4 is 29.9 Å². The molecule has 0 aliphatic rings. The number of rotatable bonds is 7. The Morgan fingerprint density at radius 3 is 2.65 bits per heavy atom. The summed E-state index contributed by atoms with van der Waals surface area (Å²) in [4.78, 5) is 8.58. The molecule has 0 fully saturated rings. The average molecular weight is 429 g/mol. The first-order valence-corrected chi connectivity index (χ1v) is 7.63. The van der Waals surface area contributed by atoms with Gasteiger partial charge in [0.2, 0.25) is 5.89 Å². The molecule has 6 nitrogen and oxygen atoms in total. The molecule has 2 N–H and O–H groups in total. The van der Waals surface area contributed by atoms with Crippen LogP contribution in [0.15, 0.2) is 39.8 Å². The molecular formula is C16H24IN5O. The van der Waals surface area contributed by atoms with E-state index < -0.39 is 0 Å². The number of aliphatic imine (C=N–C) groups is 1. The van der Waals surface area contributed by atoms with Crippen LogP contribution in [0.3, 0.4) is 0 Å². The third-order valence-corrected chi connectivity index (χ3v) is 3.06. The Balaban J connectivity index is 0.00000264. The number of benzene rings is 1. The van der Waals surface area contributed by atoms with E-state index in [2.05, 4.69) is 50.0 Å². The summed E-state index contributed by atoms with van der Waals surface area (Å²) in [5, 5.41) is 10.3. The van der Waals surface area contributed by atoms with Gasteiger partial charge in [-0.1, -0.05) is 35.5 Å². The lowest BCUT2D eigenvalue weighted by molar-refractivity contribution is 0.376. The van der Waals surface area contributed by atoms with Gasteiger partial charge in [0.1, 0.15) is 6.54 Å². The lowest BCUT2D eigenvalue weighted by atomic mass is 10.1. The number of hydrogen-bond donors (Lipinski definition) is 2. The van der Waals surface area contributed by atoms with Crippen molar-refractivity contribution in [2.45, 2.75) is 33.2 Å². The van der Waals surface area contributed by atoms with Crippen LogP contribution in [0.4, 0.5) is 0 Å². The largest absolute Gasteiger partial charge is 0.357 e. The molecule has 23 heavy (non-hydrogen) atoms. The summed E-state index contributed by atoms with van der Waals surface area (Å²) >= 11 is 0. The lowest BCUT2D eigenvalue weighted by Crippen LogP contribution is -2.37. The topological polar surface area (TPSA) is 75.3 Å². The predicted octanol–water partition coefficient (Wildman–Crippen LogP) is 2.68. The van der Waals surface area contributed by atoms with Gasteiger partial charge in [0, 0.05) is 13.1 Å². The van der Waals surface area contributed by atoms with Crippen molar-refractivity contribution in [2.75, 3.05) is 13.1 Å². The SMILES string of the molecule is CCNC(=NCc1nc(C)no1)NCCCc1ccccc1.I. The maximum absolute atomic E-state index is 5.05. The number of nitrogens with one attached hydrogen (secondary N) is 2. The summed E-state index contributed by atoms with van der Waals surface area (Å²) in [5.74, 6) is 1.93. The van der Waals surface area contributed by atoms with Gasteiger partial charge >= 0.3 is 0 Å². The third kappa shape index (κ3) is 7.45. The second kappa shape index (κ2) is 11.0. The van der Waals surface area contributed by atoms with Gasteiger partial charge in [0.25, 0.3) is 0 Å². The van der Waals surface area contributed by atoms with Crippen molar-refractivity contribution in [1.29, 1.82) is 0 Å². The number of halogens is 1. The molecule has 2 aromatic rings. The molecule has 0 radical (unpaired) electrons. The van der Waals surface area contributed by atoms with Crippen LogP contribution in [0.1, 0.15) is 30.6 Å². The summed E-state index contributed by atoms with van der Waals surface area (Å²) in [5.41, 5.74) is 1.35. The van der Waals surface area contributed by atoms with Crippen molar-refractivity contribution in [3.05, 3.63) is 47.6 Å². The molecule has 0 spiro atoms. The lowest BCUT2D eigenvalue weighted by Gasteiger charge is -2.10. The van der Waals surface area contributed by atoms with Crippen molar-refractivity contribution in [1.82, 2.24) is 20.8 Å². The Labute approximate surface area is 154 Å².